The zero-order valence-corrected chi connectivity index (χ0v) is 23.0. The molecule has 1 aromatic heterocycles. The number of nitrogens with one attached hydrogen (secondary N) is 4. The summed E-state index contributed by atoms with van der Waals surface area (Å²) < 4.78 is 0. The minimum absolute atomic E-state index is 0.0651. The number of aromatic hydroxyl groups is 2. The zero-order valence-electron chi connectivity index (χ0n) is 23.0. The van der Waals surface area contributed by atoms with E-state index in [0.29, 0.717) is 27.7 Å². The maximum absolute atomic E-state index is 13.3. The maximum Gasteiger partial charge on any atom is 0.312 e. The molecule has 0 bridgehead atoms. The van der Waals surface area contributed by atoms with Crippen LogP contribution in [0.5, 0.6) is 11.5 Å². The van der Waals surface area contributed by atoms with Crippen LogP contribution in [0.25, 0.3) is 33.5 Å². The van der Waals surface area contributed by atoms with Crippen molar-refractivity contribution in [3.63, 3.8) is 0 Å². The summed E-state index contributed by atoms with van der Waals surface area (Å²) in [6.07, 6.45) is 0. The fourth-order valence-electron chi connectivity index (χ4n) is 4.43. The number of H-pyrrole nitrogens is 1. The number of nitrogens with zero attached hydrogens (tertiary/aromatic N) is 1. The van der Waals surface area contributed by atoms with Crippen molar-refractivity contribution < 1.29 is 30.0 Å². The first kappa shape index (κ1) is 29.8. The number of phenols is 2. The Morgan fingerprint density at radius 2 is 1.69 bits per heavy atom. The molecule has 13 nitrogen and oxygen atoms in total. The van der Waals surface area contributed by atoms with Gasteiger partial charge >= 0.3 is 6.03 Å². The van der Waals surface area contributed by atoms with Crippen molar-refractivity contribution in [1.82, 2.24) is 20.6 Å². The van der Waals surface area contributed by atoms with E-state index < -0.39 is 36.6 Å². The normalized spacial score (nSPS) is 11.5. The molecule has 220 valence electrons. The number of phenolic OH excluding ortho intramolecular Hbond substituents is 2. The van der Waals surface area contributed by atoms with E-state index in [0.717, 1.165) is 0 Å². The highest BCUT2D eigenvalue weighted by atomic mass is 16.3. The molecule has 0 unspecified atom stereocenters. The smallest absolute Gasteiger partial charge is 0.312 e. The molecule has 3 aromatic carbocycles. The number of hydrogen-bond acceptors (Lipinski definition) is 8. The highest BCUT2D eigenvalue weighted by molar-refractivity contribution is 5.98. The summed E-state index contributed by atoms with van der Waals surface area (Å²) in [6.45, 7) is 2.41. The Bertz CT molecular complexity index is 1680. The predicted octanol–water partition coefficient (Wildman–Crippen LogP) is 1.51. The second kappa shape index (κ2) is 11.8. The van der Waals surface area contributed by atoms with Crippen molar-refractivity contribution >= 4 is 28.8 Å². The lowest BCUT2D eigenvalue weighted by Gasteiger charge is -2.28. The van der Waals surface area contributed by atoms with E-state index in [4.69, 9.17) is 16.9 Å². The van der Waals surface area contributed by atoms with Crippen LogP contribution in [0.4, 0.5) is 4.79 Å². The van der Waals surface area contributed by atoms with Crippen molar-refractivity contribution in [2.24, 2.45) is 11.5 Å². The maximum atomic E-state index is 13.3. The summed E-state index contributed by atoms with van der Waals surface area (Å²) in [5.74, 6) is -0.803. The zero-order chi connectivity index (χ0) is 30.8. The number of hydrogen-bond donors (Lipinski definition) is 10. The van der Waals surface area contributed by atoms with E-state index in [1.807, 2.05) is 0 Å². The number of aliphatic hydroxyl groups excluding tert-OH is 2. The molecule has 4 rings (SSSR count). The third-order valence-electron chi connectivity index (χ3n) is 7.04. The number of amidine groups is 1. The number of carbonyl (C=O) groups is 2. The lowest BCUT2D eigenvalue weighted by atomic mass is 9.80. The molecule has 1 heterocycles. The van der Waals surface area contributed by atoms with Gasteiger partial charge in [0.1, 0.15) is 23.2 Å². The van der Waals surface area contributed by atoms with E-state index in [9.17, 15) is 30.0 Å². The molecule has 0 aliphatic carbocycles. The van der Waals surface area contributed by atoms with Gasteiger partial charge in [0.15, 0.2) is 0 Å². The number of imidazole rings is 1. The largest absolute Gasteiger partial charge is 0.507 e. The summed E-state index contributed by atoms with van der Waals surface area (Å²) in [4.78, 5) is 32.3. The van der Waals surface area contributed by atoms with Gasteiger partial charge in [-0.25, -0.2) is 9.78 Å². The Morgan fingerprint density at radius 3 is 2.33 bits per heavy atom. The highest BCUT2D eigenvalue weighted by Crippen LogP contribution is 2.44. The van der Waals surface area contributed by atoms with E-state index in [2.05, 4.69) is 20.6 Å². The SMILES string of the molecule is CC(C)(C(=O)NC(CO)CO)c1cc(-c2nc3ccc(C(=N)N)cc3[nH]2)c(O)c(-c2cc(CNC(N)=O)ccc2O)c1. The molecule has 0 radical (unpaired) electrons. The number of urea groups is 1. The van der Waals surface area contributed by atoms with Crippen LogP contribution in [0.1, 0.15) is 30.5 Å². The third-order valence-corrected chi connectivity index (χ3v) is 7.04. The number of aromatic nitrogens is 2. The van der Waals surface area contributed by atoms with Gasteiger partial charge in [-0.15, -0.1) is 0 Å². The number of fused-ring (bicyclic) bond motifs is 1. The average Bonchev–Trinajstić information content (AvgIpc) is 3.38. The number of nitrogen functional groups attached to an aromatic ring is 1. The molecule has 13 heteroatoms. The number of rotatable bonds is 10. The average molecular weight is 576 g/mol. The summed E-state index contributed by atoms with van der Waals surface area (Å²) in [5, 5.41) is 54.2. The first-order chi connectivity index (χ1) is 19.8. The number of aromatic amines is 1. The van der Waals surface area contributed by atoms with Gasteiger partial charge in [-0.05, 0) is 67.4 Å². The molecule has 3 amide bonds. The van der Waals surface area contributed by atoms with Gasteiger partial charge in [0.05, 0.1) is 41.3 Å². The van der Waals surface area contributed by atoms with Crippen molar-refractivity contribution in [3.8, 4) is 34.0 Å². The number of amides is 3. The van der Waals surface area contributed by atoms with Crippen LogP contribution in [-0.4, -0.2) is 67.4 Å². The number of nitrogens with two attached hydrogens (primary N) is 2. The fraction of sp³-hybridized carbons (Fsp3) is 0.241. The van der Waals surface area contributed by atoms with Gasteiger partial charge in [-0.3, -0.25) is 10.2 Å². The van der Waals surface area contributed by atoms with E-state index >= 15 is 0 Å². The lowest BCUT2D eigenvalue weighted by Crippen LogP contribution is -2.48. The Labute approximate surface area is 240 Å². The minimum atomic E-state index is -1.26. The topological polar surface area (TPSA) is 244 Å². The summed E-state index contributed by atoms with van der Waals surface area (Å²) >= 11 is 0. The predicted molar refractivity (Wildman–Crippen MR) is 157 cm³/mol. The van der Waals surface area contributed by atoms with Gasteiger partial charge in [-0.1, -0.05) is 6.07 Å². The van der Waals surface area contributed by atoms with Crippen LogP contribution in [-0.2, 0) is 16.8 Å². The Morgan fingerprint density at radius 1 is 1.00 bits per heavy atom. The lowest BCUT2D eigenvalue weighted by molar-refractivity contribution is -0.127. The summed E-state index contributed by atoms with van der Waals surface area (Å²) in [6, 6.07) is 11.1. The van der Waals surface area contributed by atoms with Crippen molar-refractivity contribution in [2.75, 3.05) is 13.2 Å². The van der Waals surface area contributed by atoms with Crippen molar-refractivity contribution in [3.05, 3.63) is 65.2 Å². The van der Waals surface area contributed by atoms with Crippen LogP contribution >= 0.6 is 0 Å². The third kappa shape index (κ3) is 5.96. The van der Waals surface area contributed by atoms with Crippen LogP contribution in [0.3, 0.4) is 0 Å². The second-order valence-corrected chi connectivity index (χ2v) is 10.4. The molecule has 0 aliphatic rings. The van der Waals surface area contributed by atoms with Crippen LogP contribution < -0.4 is 22.1 Å². The van der Waals surface area contributed by atoms with Gasteiger partial charge in [0.2, 0.25) is 5.91 Å². The number of aliphatic hydroxyl groups is 2. The molecule has 0 atom stereocenters. The first-order valence-electron chi connectivity index (χ1n) is 13.0. The van der Waals surface area contributed by atoms with E-state index in [-0.39, 0.29) is 46.4 Å². The standard InChI is InChI=1S/C29H33N7O6/c1-29(2,27(41)34-17(12-37)13-38)16-9-19(18-7-14(3-6-23(18)39)11-33-28(32)42)24(40)20(10-16)26-35-21-5-4-15(25(30)31)8-22(21)36-26/h3-10,17,37-40H,11-13H2,1-2H3,(H3,30,31)(H,34,41)(H,35,36)(H3,32,33,42). The Balaban J connectivity index is 1.93. The van der Waals surface area contributed by atoms with Crippen LogP contribution in [0.15, 0.2) is 48.5 Å². The Kier molecular flexibility index (Phi) is 8.36. The van der Waals surface area contributed by atoms with Gasteiger partial charge in [0, 0.05) is 23.2 Å². The van der Waals surface area contributed by atoms with Crippen LogP contribution in [0.2, 0.25) is 0 Å². The van der Waals surface area contributed by atoms with Crippen molar-refractivity contribution in [1.29, 1.82) is 5.41 Å². The second-order valence-electron chi connectivity index (χ2n) is 10.4. The molecule has 4 aromatic rings. The van der Waals surface area contributed by atoms with E-state index in [1.54, 1.807) is 56.3 Å². The molecule has 0 saturated heterocycles. The quantitative estimate of drug-likeness (QED) is 0.0978. The number of primary amides is 1. The van der Waals surface area contributed by atoms with Crippen LogP contribution in [0, 0.1) is 5.41 Å². The first-order valence-corrected chi connectivity index (χ1v) is 13.0. The number of benzene rings is 3. The minimum Gasteiger partial charge on any atom is -0.507 e. The molecular formula is C29H33N7O6. The number of carbonyl (C=O) groups excluding carboxylic acids is 2. The molecule has 12 N–H and O–H groups in total. The molecule has 0 saturated carbocycles. The van der Waals surface area contributed by atoms with E-state index in [1.165, 1.54) is 6.07 Å². The molecule has 42 heavy (non-hydrogen) atoms. The van der Waals surface area contributed by atoms with Gasteiger partial charge in [-0.2, -0.15) is 0 Å². The fourth-order valence-corrected chi connectivity index (χ4v) is 4.43. The molecule has 0 aliphatic heterocycles. The molecule has 0 spiro atoms. The molecular weight excluding hydrogens is 542 g/mol. The Hall–Kier alpha value is -5.14. The van der Waals surface area contributed by atoms with Gasteiger partial charge < -0.3 is 47.5 Å². The molecule has 0 fully saturated rings. The van der Waals surface area contributed by atoms with Gasteiger partial charge in [0.25, 0.3) is 0 Å². The van der Waals surface area contributed by atoms with Crippen molar-refractivity contribution in [2.45, 2.75) is 31.8 Å². The highest BCUT2D eigenvalue weighted by Gasteiger charge is 2.33. The monoisotopic (exact) mass is 575 g/mol. The summed E-state index contributed by atoms with van der Waals surface area (Å²) in [5.41, 5.74) is 12.7. The summed E-state index contributed by atoms with van der Waals surface area (Å²) in [7, 11) is 0.